The average Bonchev–Trinajstić information content (AvgIpc) is 2.55. The Hall–Kier alpha value is -2.33. The van der Waals surface area contributed by atoms with Gasteiger partial charge in [0.25, 0.3) is 0 Å². The summed E-state index contributed by atoms with van der Waals surface area (Å²) in [6, 6.07) is 19.6. The van der Waals surface area contributed by atoms with E-state index in [1.165, 1.54) is 0 Å². The standard InChI is InChI=1S/C17H17NO3/c19-16-12-20-15(11-18-16)17(13-7-3-1-4-8-13)21-14-9-5-2-6-10-14/h1-10,15,17H,11-12H2,(H,18,19). The van der Waals surface area contributed by atoms with Gasteiger partial charge in [-0.2, -0.15) is 0 Å². The molecule has 1 aliphatic rings. The third kappa shape index (κ3) is 3.41. The summed E-state index contributed by atoms with van der Waals surface area (Å²) < 4.78 is 11.7. The van der Waals surface area contributed by atoms with E-state index in [0.29, 0.717) is 6.54 Å². The van der Waals surface area contributed by atoms with Gasteiger partial charge < -0.3 is 14.8 Å². The normalized spacial score (nSPS) is 19.6. The first-order valence-electron chi connectivity index (χ1n) is 6.98. The maximum atomic E-state index is 11.2. The minimum Gasteiger partial charge on any atom is -0.483 e. The van der Waals surface area contributed by atoms with E-state index < -0.39 is 0 Å². The molecule has 0 aliphatic carbocycles. The van der Waals surface area contributed by atoms with E-state index in [0.717, 1.165) is 11.3 Å². The molecule has 3 rings (SSSR count). The Morgan fingerprint density at radius 2 is 1.71 bits per heavy atom. The highest BCUT2D eigenvalue weighted by molar-refractivity contribution is 5.77. The number of nitrogens with one attached hydrogen (secondary N) is 1. The van der Waals surface area contributed by atoms with Crippen LogP contribution in [0.4, 0.5) is 0 Å². The summed E-state index contributed by atoms with van der Waals surface area (Å²) in [5.41, 5.74) is 1.03. The zero-order valence-electron chi connectivity index (χ0n) is 11.6. The fourth-order valence-corrected chi connectivity index (χ4v) is 2.35. The summed E-state index contributed by atoms with van der Waals surface area (Å²) in [7, 11) is 0. The highest BCUT2D eigenvalue weighted by atomic mass is 16.5. The Kier molecular flexibility index (Phi) is 4.17. The molecule has 108 valence electrons. The molecule has 4 heteroatoms. The van der Waals surface area contributed by atoms with E-state index in [9.17, 15) is 4.79 Å². The molecule has 1 heterocycles. The summed E-state index contributed by atoms with van der Waals surface area (Å²) in [5, 5.41) is 2.82. The smallest absolute Gasteiger partial charge is 0.246 e. The van der Waals surface area contributed by atoms with Crippen molar-refractivity contribution in [1.82, 2.24) is 5.32 Å². The van der Waals surface area contributed by atoms with Crippen molar-refractivity contribution in [1.29, 1.82) is 0 Å². The highest BCUT2D eigenvalue weighted by Gasteiger charge is 2.30. The van der Waals surface area contributed by atoms with Crippen molar-refractivity contribution in [2.24, 2.45) is 0 Å². The number of amides is 1. The van der Waals surface area contributed by atoms with Crippen molar-refractivity contribution in [3.05, 3.63) is 66.2 Å². The van der Waals surface area contributed by atoms with Crippen LogP contribution in [-0.2, 0) is 9.53 Å². The number of hydrogen-bond acceptors (Lipinski definition) is 3. The van der Waals surface area contributed by atoms with Gasteiger partial charge in [0, 0.05) is 6.54 Å². The van der Waals surface area contributed by atoms with Crippen LogP contribution >= 0.6 is 0 Å². The van der Waals surface area contributed by atoms with Crippen molar-refractivity contribution < 1.29 is 14.3 Å². The monoisotopic (exact) mass is 283 g/mol. The van der Waals surface area contributed by atoms with Crippen LogP contribution in [0.25, 0.3) is 0 Å². The number of para-hydroxylation sites is 1. The lowest BCUT2D eigenvalue weighted by Crippen LogP contribution is -2.46. The molecule has 2 aromatic carbocycles. The molecule has 1 amide bonds. The lowest BCUT2D eigenvalue weighted by molar-refractivity contribution is -0.137. The lowest BCUT2D eigenvalue weighted by atomic mass is 10.0. The predicted molar refractivity (Wildman–Crippen MR) is 79.0 cm³/mol. The van der Waals surface area contributed by atoms with Crippen LogP contribution in [0.15, 0.2) is 60.7 Å². The molecule has 2 atom stereocenters. The Bertz CT molecular complexity index is 575. The molecule has 1 fully saturated rings. The van der Waals surface area contributed by atoms with Gasteiger partial charge in [-0.15, -0.1) is 0 Å². The molecule has 0 aromatic heterocycles. The molecule has 0 spiro atoms. The van der Waals surface area contributed by atoms with Crippen molar-refractivity contribution in [2.75, 3.05) is 13.2 Å². The van der Waals surface area contributed by atoms with Gasteiger partial charge >= 0.3 is 0 Å². The quantitative estimate of drug-likeness (QED) is 0.936. The van der Waals surface area contributed by atoms with Gasteiger partial charge in [0.15, 0.2) is 6.10 Å². The number of hydrogen-bond donors (Lipinski definition) is 1. The first kappa shape index (κ1) is 13.6. The molecular weight excluding hydrogens is 266 g/mol. The second-order valence-corrected chi connectivity index (χ2v) is 4.92. The van der Waals surface area contributed by atoms with Gasteiger partial charge in [0.05, 0.1) is 0 Å². The van der Waals surface area contributed by atoms with Crippen molar-refractivity contribution in [3.63, 3.8) is 0 Å². The van der Waals surface area contributed by atoms with Crippen LogP contribution in [0.3, 0.4) is 0 Å². The Labute approximate surface area is 123 Å². The van der Waals surface area contributed by atoms with E-state index in [4.69, 9.17) is 9.47 Å². The summed E-state index contributed by atoms with van der Waals surface area (Å²) in [6.07, 6.45) is -0.459. The topological polar surface area (TPSA) is 47.6 Å². The van der Waals surface area contributed by atoms with E-state index in [1.54, 1.807) is 0 Å². The minimum absolute atomic E-state index is 0.0755. The molecule has 0 saturated carbocycles. The molecule has 0 radical (unpaired) electrons. The maximum Gasteiger partial charge on any atom is 0.246 e. The van der Waals surface area contributed by atoms with Gasteiger partial charge in [0.2, 0.25) is 5.91 Å². The lowest BCUT2D eigenvalue weighted by Gasteiger charge is -2.31. The van der Waals surface area contributed by atoms with E-state index in [2.05, 4.69) is 5.32 Å². The van der Waals surface area contributed by atoms with Crippen molar-refractivity contribution in [2.45, 2.75) is 12.2 Å². The summed E-state index contributed by atoms with van der Waals surface area (Å²) in [5.74, 6) is 0.699. The minimum atomic E-state index is -0.255. The van der Waals surface area contributed by atoms with Gasteiger partial charge in [-0.05, 0) is 17.7 Å². The summed E-state index contributed by atoms with van der Waals surface area (Å²) >= 11 is 0. The van der Waals surface area contributed by atoms with Crippen LogP contribution in [0, 0.1) is 0 Å². The van der Waals surface area contributed by atoms with Gasteiger partial charge in [-0.1, -0.05) is 48.5 Å². The predicted octanol–water partition coefficient (Wildman–Crippen LogP) is 2.32. The Morgan fingerprint density at radius 3 is 2.33 bits per heavy atom. The molecule has 1 N–H and O–H groups in total. The number of benzene rings is 2. The van der Waals surface area contributed by atoms with Gasteiger partial charge in [-0.25, -0.2) is 0 Å². The maximum absolute atomic E-state index is 11.2. The number of rotatable bonds is 4. The molecule has 0 bridgehead atoms. The van der Waals surface area contributed by atoms with E-state index in [1.807, 2.05) is 60.7 Å². The average molecular weight is 283 g/mol. The van der Waals surface area contributed by atoms with Crippen LogP contribution in [-0.4, -0.2) is 25.2 Å². The van der Waals surface area contributed by atoms with Crippen LogP contribution in [0.2, 0.25) is 0 Å². The largest absolute Gasteiger partial charge is 0.483 e. The van der Waals surface area contributed by atoms with Crippen LogP contribution in [0.1, 0.15) is 11.7 Å². The molecular formula is C17H17NO3. The van der Waals surface area contributed by atoms with Crippen LogP contribution < -0.4 is 10.1 Å². The fraction of sp³-hybridized carbons (Fsp3) is 0.235. The fourth-order valence-electron chi connectivity index (χ4n) is 2.35. The summed E-state index contributed by atoms with van der Waals surface area (Å²) in [6.45, 7) is 0.525. The van der Waals surface area contributed by atoms with E-state index in [-0.39, 0.29) is 24.7 Å². The first-order chi connectivity index (χ1) is 10.3. The molecule has 4 nitrogen and oxygen atoms in total. The third-order valence-electron chi connectivity index (χ3n) is 3.40. The van der Waals surface area contributed by atoms with Gasteiger partial charge in [0.1, 0.15) is 18.5 Å². The second-order valence-electron chi connectivity index (χ2n) is 4.92. The SMILES string of the molecule is O=C1COC(C(Oc2ccccc2)c2ccccc2)CN1. The van der Waals surface area contributed by atoms with Crippen LogP contribution in [0.5, 0.6) is 5.75 Å². The Morgan fingerprint density at radius 1 is 1.05 bits per heavy atom. The number of ether oxygens (including phenoxy) is 2. The number of carbonyl (C=O) groups excluding carboxylic acids is 1. The van der Waals surface area contributed by atoms with Crippen molar-refractivity contribution >= 4 is 5.91 Å². The van der Waals surface area contributed by atoms with E-state index >= 15 is 0 Å². The first-order valence-corrected chi connectivity index (χ1v) is 6.98. The Balaban J connectivity index is 1.83. The highest BCUT2D eigenvalue weighted by Crippen LogP contribution is 2.27. The zero-order valence-corrected chi connectivity index (χ0v) is 11.6. The molecule has 1 aliphatic heterocycles. The number of carbonyl (C=O) groups is 1. The molecule has 2 aromatic rings. The third-order valence-corrected chi connectivity index (χ3v) is 3.40. The molecule has 1 saturated heterocycles. The molecule has 21 heavy (non-hydrogen) atoms. The summed E-state index contributed by atoms with van der Waals surface area (Å²) in [4.78, 5) is 11.2. The second kappa shape index (κ2) is 6.41. The zero-order chi connectivity index (χ0) is 14.5. The number of morpholine rings is 1. The van der Waals surface area contributed by atoms with Crippen molar-refractivity contribution in [3.8, 4) is 5.75 Å². The van der Waals surface area contributed by atoms with Gasteiger partial charge in [-0.3, -0.25) is 4.79 Å². The molecule has 2 unspecified atom stereocenters.